The van der Waals surface area contributed by atoms with E-state index in [1.54, 1.807) is 0 Å². The zero-order valence-electron chi connectivity index (χ0n) is 3.65. The lowest BCUT2D eigenvalue weighted by molar-refractivity contribution is -0.911. The highest BCUT2D eigenvalue weighted by atomic mass is 15.9. The van der Waals surface area contributed by atoms with E-state index in [0.29, 0.717) is 0 Å². The van der Waals surface area contributed by atoms with Crippen molar-refractivity contribution in [2.45, 2.75) is 0 Å². The third-order valence-electron chi connectivity index (χ3n) is 0.579. The Balaban J connectivity index is 2.77. The van der Waals surface area contributed by atoms with Gasteiger partial charge in [0.25, 0.3) is 0 Å². The second kappa shape index (κ2) is 1.09. The van der Waals surface area contributed by atoms with Crippen molar-refractivity contribution < 1.29 is 4.81 Å². The molecular formula is C2H6N5+. The number of nitrogens with two attached hydrogens (primary N) is 2. The van der Waals surface area contributed by atoms with Crippen molar-refractivity contribution in [3.63, 3.8) is 0 Å². The maximum Gasteiger partial charge on any atom is 0.185 e. The summed E-state index contributed by atoms with van der Waals surface area (Å²) in [5.74, 6) is 10.3. The molecule has 0 unspecified atom stereocenters. The smallest absolute Gasteiger partial charge is 0.128 e. The highest BCUT2D eigenvalue weighted by molar-refractivity contribution is 4.69. The minimum atomic E-state index is -0.472. The Morgan fingerprint density at radius 1 is 1.43 bits per heavy atom. The Labute approximate surface area is 40.4 Å². The topological polar surface area (TPSA) is 76.8 Å². The van der Waals surface area contributed by atoms with E-state index >= 15 is 0 Å². The van der Waals surface area contributed by atoms with E-state index in [2.05, 4.69) is 10.3 Å². The van der Waals surface area contributed by atoms with Crippen LogP contribution in [0.25, 0.3) is 0 Å². The highest BCUT2D eigenvalue weighted by Crippen LogP contribution is 1.99. The molecule has 0 amide bonds. The highest BCUT2D eigenvalue weighted by Gasteiger charge is 2.15. The molecule has 0 aromatic carbocycles. The maximum atomic E-state index is 5.15. The fraction of sp³-hybridized carbons (Fsp3) is 0. The molecule has 5 heteroatoms. The molecule has 4 N–H and O–H groups in total. The van der Waals surface area contributed by atoms with Gasteiger partial charge in [-0.3, -0.25) is 0 Å². The van der Waals surface area contributed by atoms with Crippen LogP contribution in [0.5, 0.6) is 0 Å². The first kappa shape index (κ1) is 4.38. The summed E-state index contributed by atoms with van der Waals surface area (Å²) in [4.78, 5) is -0.472. The molecule has 0 aliphatic carbocycles. The van der Waals surface area contributed by atoms with Crippen LogP contribution >= 0.6 is 0 Å². The predicted octanol–water partition coefficient (Wildman–Crippen LogP) is -0.597. The number of quaternary nitrogens is 1. The van der Waals surface area contributed by atoms with Gasteiger partial charge in [0.2, 0.25) is 0 Å². The molecule has 0 spiro atoms. The molecule has 0 aromatic heterocycles. The van der Waals surface area contributed by atoms with Crippen molar-refractivity contribution in [1.82, 2.24) is 0 Å². The zero-order chi connectivity index (χ0) is 5.33. The van der Waals surface area contributed by atoms with E-state index in [0.717, 1.165) is 0 Å². The quantitative estimate of drug-likeness (QED) is 0.315. The number of nitrogens with zero attached hydrogens (tertiary/aromatic N) is 3. The third kappa shape index (κ3) is 0.801. The lowest BCUT2D eigenvalue weighted by atomic mass is 10.9. The van der Waals surface area contributed by atoms with Crippen LogP contribution in [0.4, 0.5) is 0 Å². The molecule has 38 valence electrons. The first-order valence-corrected chi connectivity index (χ1v) is 1.77. The molecule has 1 aliphatic heterocycles. The van der Waals surface area contributed by atoms with E-state index in [9.17, 15) is 0 Å². The number of hydrogen-bond acceptors (Lipinski definition) is 4. The van der Waals surface area contributed by atoms with Gasteiger partial charge in [0.1, 0.15) is 6.20 Å². The molecule has 1 rings (SSSR count). The van der Waals surface area contributed by atoms with E-state index < -0.39 is 4.81 Å². The summed E-state index contributed by atoms with van der Waals surface area (Å²) in [5, 5.41) is 6.78. The maximum absolute atomic E-state index is 5.15. The summed E-state index contributed by atoms with van der Waals surface area (Å²) < 4.78 is 0. The van der Waals surface area contributed by atoms with E-state index in [4.69, 9.17) is 11.7 Å². The second-order valence-corrected chi connectivity index (χ2v) is 1.30. The van der Waals surface area contributed by atoms with Gasteiger partial charge in [-0.05, 0) is 4.81 Å². The van der Waals surface area contributed by atoms with Gasteiger partial charge in [0.15, 0.2) is 6.20 Å². The van der Waals surface area contributed by atoms with Crippen molar-refractivity contribution in [3.8, 4) is 0 Å². The van der Waals surface area contributed by atoms with Gasteiger partial charge in [-0.2, -0.15) is 0 Å². The molecule has 0 saturated carbocycles. The van der Waals surface area contributed by atoms with Crippen molar-refractivity contribution in [2.75, 3.05) is 0 Å². The third-order valence-corrected chi connectivity index (χ3v) is 0.579. The average Bonchev–Trinajstić information content (AvgIpc) is 1.84. The summed E-state index contributed by atoms with van der Waals surface area (Å²) in [6.07, 6.45) is 2.90. The van der Waals surface area contributed by atoms with Crippen molar-refractivity contribution >= 4 is 0 Å². The molecular weight excluding hydrogens is 94.1 g/mol. The SMILES string of the molecule is N[N+]1(N)C=CN=N1. The van der Waals surface area contributed by atoms with E-state index in [1.165, 1.54) is 12.4 Å². The molecule has 1 heterocycles. The molecule has 7 heavy (non-hydrogen) atoms. The van der Waals surface area contributed by atoms with Crippen molar-refractivity contribution in [1.29, 1.82) is 0 Å². The van der Waals surface area contributed by atoms with Gasteiger partial charge in [-0.25, -0.2) is 0 Å². The normalized spacial score (nSPS) is 23.7. The predicted molar refractivity (Wildman–Crippen MR) is 22.6 cm³/mol. The van der Waals surface area contributed by atoms with Crippen LogP contribution in [-0.2, 0) is 0 Å². The van der Waals surface area contributed by atoms with Gasteiger partial charge in [-0.1, -0.05) is 5.11 Å². The van der Waals surface area contributed by atoms with Crippen LogP contribution in [0.3, 0.4) is 0 Å². The number of hydrogen-bond donors (Lipinski definition) is 2. The molecule has 0 fully saturated rings. The Hall–Kier alpha value is -0.780. The summed E-state index contributed by atoms with van der Waals surface area (Å²) in [6, 6.07) is 0. The van der Waals surface area contributed by atoms with Crippen LogP contribution in [0.1, 0.15) is 0 Å². The fourth-order valence-corrected chi connectivity index (χ4v) is 0.286. The monoisotopic (exact) mass is 100 g/mol. The number of rotatable bonds is 0. The zero-order valence-corrected chi connectivity index (χ0v) is 3.65. The Bertz CT molecular complexity index is 108. The summed E-state index contributed by atoms with van der Waals surface area (Å²) in [7, 11) is 0. The van der Waals surface area contributed by atoms with Crippen LogP contribution in [0.2, 0.25) is 0 Å². The van der Waals surface area contributed by atoms with Gasteiger partial charge < -0.3 is 0 Å². The van der Waals surface area contributed by atoms with Gasteiger partial charge in [-0.15, -0.1) is 11.7 Å². The van der Waals surface area contributed by atoms with Gasteiger partial charge >= 0.3 is 0 Å². The van der Waals surface area contributed by atoms with Crippen LogP contribution in [-0.4, -0.2) is 4.81 Å². The molecule has 5 nitrogen and oxygen atoms in total. The lowest BCUT2D eigenvalue weighted by Gasteiger charge is -2.04. The Morgan fingerprint density at radius 2 is 2.14 bits per heavy atom. The molecule has 1 aliphatic rings. The molecule has 0 aromatic rings. The summed E-state index contributed by atoms with van der Waals surface area (Å²) >= 11 is 0. The summed E-state index contributed by atoms with van der Waals surface area (Å²) in [5.41, 5.74) is 0. The van der Waals surface area contributed by atoms with E-state index in [-0.39, 0.29) is 0 Å². The Morgan fingerprint density at radius 3 is 2.29 bits per heavy atom. The largest absolute Gasteiger partial charge is 0.185 e. The van der Waals surface area contributed by atoms with Crippen LogP contribution < -0.4 is 11.7 Å². The summed E-state index contributed by atoms with van der Waals surface area (Å²) in [6.45, 7) is 0. The minimum absolute atomic E-state index is 0.472. The first-order valence-electron chi connectivity index (χ1n) is 1.77. The lowest BCUT2D eigenvalue weighted by Crippen LogP contribution is -2.49. The Kier molecular flexibility index (Phi) is 0.684. The van der Waals surface area contributed by atoms with Gasteiger partial charge in [0.05, 0.1) is 5.22 Å². The fourth-order valence-electron chi connectivity index (χ4n) is 0.286. The molecule has 0 radical (unpaired) electrons. The van der Waals surface area contributed by atoms with Crippen LogP contribution in [0.15, 0.2) is 22.7 Å². The van der Waals surface area contributed by atoms with Crippen molar-refractivity contribution in [3.05, 3.63) is 12.4 Å². The second-order valence-electron chi connectivity index (χ2n) is 1.30. The molecule has 0 atom stereocenters. The van der Waals surface area contributed by atoms with Crippen molar-refractivity contribution in [2.24, 2.45) is 22.0 Å². The van der Waals surface area contributed by atoms with Crippen LogP contribution in [0, 0.1) is 0 Å². The first-order chi connectivity index (χ1) is 3.21. The average molecular weight is 100 g/mol. The molecule has 0 bridgehead atoms. The molecule has 0 saturated heterocycles. The van der Waals surface area contributed by atoms with E-state index in [1.807, 2.05) is 0 Å². The minimum Gasteiger partial charge on any atom is -0.128 e. The standard InChI is InChI=1S/C2H6N5/c3-7(4)2-1-5-6-7/h1-2H,3-4H2/q+1. The van der Waals surface area contributed by atoms with Gasteiger partial charge in [0, 0.05) is 0 Å².